The van der Waals surface area contributed by atoms with Crippen LogP contribution in [0.3, 0.4) is 0 Å². The molecule has 1 atom stereocenters. The molecule has 0 saturated carbocycles. The van der Waals surface area contributed by atoms with Crippen LogP contribution in [0.5, 0.6) is 0 Å². The summed E-state index contributed by atoms with van der Waals surface area (Å²) < 4.78 is 1.96. The van der Waals surface area contributed by atoms with E-state index in [0.29, 0.717) is 5.15 Å². The fourth-order valence-electron chi connectivity index (χ4n) is 1.50. The van der Waals surface area contributed by atoms with Crippen molar-refractivity contribution in [3.63, 3.8) is 0 Å². The van der Waals surface area contributed by atoms with Crippen molar-refractivity contribution in [1.29, 1.82) is 0 Å². The van der Waals surface area contributed by atoms with Gasteiger partial charge in [-0.2, -0.15) is 0 Å². The molecule has 1 aromatic rings. The molecule has 1 unspecified atom stereocenters. The normalized spacial score (nSPS) is 13.6. The number of nitrogens with zero attached hydrogens (tertiary/aromatic N) is 3. The number of rotatable bonds is 4. The smallest absolute Gasteiger partial charge is 0.151 e. The molecule has 0 fully saturated rings. The van der Waals surface area contributed by atoms with Gasteiger partial charge in [-0.1, -0.05) is 11.6 Å². The van der Waals surface area contributed by atoms with Crippen LogP contribution >= 0.6 is 11.6 Å². The molecule has 0 aliphatic carbocycles. The van der Waals surface area contributed by atoms with Crippen molar-refractivity contribution < 1.29 is 0 Å². The topological polar surface area (TPSA) is 33.1 Å². The SMILES string of the molecule is CNCC(c1c(Cl)ncn1C)N(C)C. The molecule has 14 heavy (non-hydrogen) atoms. The van der Waals surface area contributed by atoms with Gasteiger partial charge in [0.1, 0.15) is 0 Å². The number of nitrogens with one attached hydrogen (secondary N) is 1. The van der Waals surface area contributed by atoms with Crippen molar-refractivity contribution >= 4 is 11.6 Å². The summed E-state index contributed by atoms with van der Waals surface area (Å²) in [5, 5.41) is 3.74. The fourth-order valence-corrected chi connectivity index (χ4v) is 1.80. The van der Waals surface area contributed by atoms with Crippen LogP contribution < -0.4 is 5.32 Å². The van der Waals surface area contributed by atoms with E-state index < -0.39 is 0 Å². The van der Waals surface area contributed by atoms with Crippen LogP contribution in [0, 0.1) is 0 Å². The van der Waals surface area contributed by atoms with Crippen LogP contribution in [0.2, 0.25) is 5.15 Å². The summed E-state index contributed by atoms with van der Waals surface area (Å²) in [4.78, 5) is 6.20. The highest BCUT2D eigenvalue weighted by molar-refractivity contribution is 6.30. The first-order chi connectivity index (χ1) is 6.57. The van der Waals surface area contributed by atoms with Gasteiger partial charge in [0.25, 0.3) is 0 Å². The van der Waals surface area contributed by atoms with E-state index in [2.05, 4.69) is 15.2 Å². The molecule has 1 rings (SSSR count). The van der Waals surface area contributed by atoms with Crippen molar-refractivity contribution in [3.05, 3.63) is 17.2 Å². The molecular weight excluding hydrogens is 200 g/mol. The second-order valence-corrected chi connectivity index (χ2v) is 3.93. The van der Waals surface area contributed by atoms with Gasteiger partial charge in [0.05, 0.1) is 18.1 Å². The van der Waals surface area contributed by atoms with Crippen LogP contribution in [0.1, 0.15) is 11.7 Å². The lowest BCUT2D eigenvalue weighted by atomic mass is 10.2. The molecule has 1 aromatic heterocycles. The third-order valence-electron chi connectivity index (χ3n) is 2.27. The summed E-state index contributed by atoms with van der Waals surface area (Å²) in [6.45, 7) is 0.853. The molecule has 0 spiro atoms. The first-order valence-corrected chi connectivity index (χ1v) is 4.93. The Balaban J connectivity index is 2.98. The van der Waals surface area contributed by atoms with Crippen LogP contribution in [0.15, 0.2) is 6.33 Å². The van der Waals surface area contributed by atoms with Crippen molar-refractivity contribution in [3.8, 4) is 0 Å². The maximum atomic E-state index is 6.03. The minimum atomic E-state index is 0.250. The molecule has 0 aliphatic heterocycles. The molecule has 1 N–H and O–H groups in total. The second kappa shape index (κ2) is 4.77. The van der Waals surface area contributed by atoms with E-state index in [9.17, 15) is 0 Å². The van der Waals surface area contributed by atoms with E-state index in [1.807, 2.05) is 32.8 Å². The van der Waals surface area contributed by atoms with Gasteiger partial charge >= 0.3 is 0 Å². The highest BCUT2D eigenvalue weighted by Gasteiger charge is 2.20. The molecular formula is C9H17ClN4. The zero-order valence-electron chi connectivity index (χ0n) is 9.08. The number of aryl methyl sites for hydroxylation is 1. The van der Waals surface area contributed by atoms with Crippen LogP contribution in [0.25, 0.3) is 0 Å². The fraction of sp³-hybridized carbons (Fsp3) is 0.667. The number of hydrogen-bond acceptors (Lipinski definition) is 3. The summed E-state index contributed by atoms with van der Waals surface area (Å²) in [5.41, 5.74) is 1.05. The molecule has 5 heteroatoms. The monoisotopic (exact) mass is 216 g/mol. The summed E-state index contributed by atoms with van der Waals surface area (Å²) in [6.07, 6.45) is 1.74. The zero-order valence-corrected chi connectivity index (χ0v) is 9.84. The molecule has 4 nitrogen and oxygen atoms in total. The first kappa shape index (κ1) is 11.5. The number of halogens is 1. The summed E-state index contributed by atoms with van der Waals surface area (Å²) in [7, 11) is 7.96. The van der Waals surface area contributed by atoms with E-state index in [0.717, 1.165) is 12.2 Å². The summed E-state index contributed by atoms with van der Waals surface area (Å²) in [6, 6.07) is 0.250. The van der Waals surface area contributed by atoms with Gasteiger partial charge in [0, 0.05) is 13.6 Å². The minimum Gasteiger partial charge on any atom is -0.335 e. The van der Waals surface area contributed by atoms with E-state index in [-0.39, 0.29) is 6.04 Å². The third-order valence-corrected chi connectivity index (χ3v) is 2.56. The van der Waals surface area contributed by atoms with Crippen molar-refractivity contribution in [1.82, 2.24) is 19.8 Å². The largest absolute Gasteiger partial charge is 0.335 e. The predicted octanol–water partition coefficient (Wildman–Crippen LogP) is 0.896. The standard InChI is InChI=1S/C9H17ClN4/c1-11-5-7(13(2)3)8-9(10)12-6-14(8)4/h6-7,11H,5H2,1-4H3. The van der Waals surface area contributed by atoms with Gasteiger partial charge in [-0.25, -0.2) is 4.98 Å². The quantitative estimate of drug-likeness (QED) is 0.812. The zero-order chi connectivity index (χ0) is 10.7. The highest BCUT2D eigenvalue weighted by Crippen LogP contribution is 2.23. The van der Waals surface area contributed by atoms with Gasteiger partial charge in [-0.05, 0) is 21.1 Å². The van der Waals surface area contributed by atoms with Crippen LogP contribution in [-0.2, 0) is 7.05 Å². The van der Waals surface area contributed by atoms with Crippen LogP contribution in [0.4, 0.5) is 0 Å². The van der Waals surface area contributed by atoms with Gasteiger partial charge in [0.2, 0.25) is 0 Å². The minimum absolute atomic E-state index is 0.250. The molecule has 0 amide bonds. The van der Waals surface area contributed by atoms with Crippen molar-refractivity contribution in [2.24, 2.45) is 7.05 Å². The number of aromatic nitrogens is 2. The maximum absolute atomic E-state index is 6.03. The van der Waals surface area contributed by atoms with E-state index in [1.165, 1.54) is 0 Å². The Labute approximate surface area is 89.9 Å². The Morgan fingerprint density at radius 1 is 1.64 bits per heavy atom. The van der Waals surface area contributed by atoms with Crippen molar-refractivity contribution in [2.75, 3.05) is 27.7 Å². The van der Waals surface area contributed by atoms with E-state index >= 15 is 0 Å². The molecule has 0 bridgehead atoms. The van der Waals surface area contributed by atoms with E-state index in [4.69, 9.17) is 11.6 Å². The van der Waals surface area contributed by atoms with Gasteiger partial charge in [-0.3, -0.25) is 4.90 Å². The Kier molecular flexibility index (Phi) is 3.92. The average molecular weight is 217 g/mol. The Bertz CT molecular complexity index is 276. The van der Waals surface area contributed by atoms with Gasteiger partial charge < -0.3 is 9.88 Å². The number of likely N-dealkylation sites (N-methyl/N-ethyl adjacent to an activating group) is 2. The average Bonchev–Trinajstić information content (AvgIpc) is 2.43. The molecule has 0 aromatic carbocycles. The number of imidazole rings is 1. The Hall–Kier alpha value is -0.580. The Morgan fingerprint density at radius 3 is 2.64 bits per heavy atom. The summed E-state index contributed by atoms with van der Waals surface area (Å²) in [5.74, 6) is 0. The lowest BCUT2D eigenvalue weighted by Gasteiger charge is -2.24. The predicted molar refractivity (Wildman–Crippen MR) is 58.6 cm³/mol. The van der Waals surface area contributed by atoms with E-state index in [1.54, 1.807) is 6.33 Å². The molecule has 1 heterocycles. The second-order valence-electron chi connectivity index (χ2n) is 3.57. The highest BCUT2D eigenvalue weighted by atomic mass is 35.5. The molecule has 80 valence electrons. The Morgan fingerprint density at radius 2 is 2.29 bits per heavy atom. The lowest BCUT2D eigenvalue weighted by molar-refractivity contribution is 0.283. The number of hydrogen-bond donors (Lipinski definition) is 1. The molecule has 0 radical (unpaired) electrons. The lowest BCUT2D eigenvalue weighted by Crippen LogP contribution is -2.30. The molecule has 0 aliphatic rings. The maximum Gasteiger partial charge on any atom is 0.151 e. The first-order valence-electron chi connectivity index (χ1n) is 4.55. The van der Waals surface area contributed by atoms with Gasteiger partial charge in [0.15, 0.2) is 5.15 Å². The van der Waals surface area contributed by atoms with Crippen LogP contribution in [-0.4, -0.2) is 42.1 Å². The van der Waals surface area contributed by atoms with Gasteiger partial charge in [-0.15, -0.1) is 0 Å². The molecule has 0 saturated heterocycles. The van der Waals surface area contributed by atoms with Crippen molar-refractivity contribution in [2.45, 2.75) is 6.04 Å². The summed E-state index contributed by atoms with van der Waals surface area (Å²) >= 11 is 6.03. The third kappa shape index (κ3) is 2.26.